The van der Waals surface area contributed by atoms with Gasteiger partial charge in [0.2, 0.25) is 5.82 Å². The highest BCUT2D eigenvalue weighted by Gasteiger charge is 2.16. The molecule has 2 rings (SSSR count). The number of aromatic nitrogens is 2. The molecule has 0 atom stereocenters. The number of carboxylic acid groups (broad SMARTS) is 1. The Bertz CT molecular complexity index is 620. The number of benzene rings is 1. The summed E-state index contributed by atoms with van der Waals surface area (Å²) in [7, 11) is 0. The summed E-state index contributed by atoms with van der Waals surface area (Å²) < 4.78 is 0. The van der Waals surface area contributed by atoms with Gasteiger partial charge in [0, 0.05) is 11.9 Å². The third-order valence-electron chi connectivity index (χ3n) is 2.48. The van der Waals surface area contributed by atoms with E-state index in [1.54, 1.807) is 32.0 Å². The molecule has 0 radical (unpaired) electrons. The molecule has 1 aromatic heterocycles. The summed E-state index contributed by atoms with van der Waals surface area (Å²) in [6.07, 6.45) is 0. The molecule has 0 aliphatic carbocycles. The van der Waals surface area contributed by atoms with E-state index >= 15 is 0 Å². The summed E-state index contributed by atoms with van der Waals surface area (Å²) in [6, 6.07) is 7.12. The average Bonchev–Trinajstić information content (AvgIpc) is 2.34. The van der Waals surface area contributed by atoms with Gasteiger partial charge < -0.3 is 15.5 Å². The van der Waals surface area contributed by atoms with Crippen LogP contribution in [0.4, 0.5) is 5.82 Å². The number of aromatic carboxylic acids is 1. The van der Waals surface area contributed by atoms with Crippen LogP contribution in [-0.4, -0.2) is 38.3 Å². The van der Waals surface area contributed by atoms with Crippen molar-refractivity contribution in [3.05, 3.63) is 30.1 Å². The van der Waals surface area contributed by atoms with Crippen molar-refractivity contribution in [1.29, 1.82) is 0 Å². The van der Waals surface area contributed by atoms with Crippen molar-refractivity contribution in [2.75, 3.05) is 11.9 Å². The van der Waals surface area contributed by atoms with Gasteiger partial charge >= 0.3 is 5.97 Å². The zero-order valence-electron chi connectivity index (χ0n) is 10.7. The first kappa shape index (κ1) is 13.2. The fourth-order valence-electron chi connectivity index (χ4n) is 1.61. The predicted molar refractivity (Wildman–Crippen MR) is 71.3 cm³/mol. The van der Waals surface area contributed by atoms with E-state index in [0.29, 0.717) is 11.3 Å². The molecule has 1 aromatic carbocycles. The highest BCUT2D eigenvalue weighted by Crippen LogP contribution is 2.20. The van der Waals surface area contributed by atoms with Gasteiger partial charge in [-0.3, -0.25) is 0 Å². The summed E-state index contributed by atoms with van der Waals surface area (Å²) in [5.41, 5.74) is -0.372. The van der Waals surface area contributed by atoms with Crippen LogP contribution < -0.4 is 5.32 Å². The second-order valence-electron chi connectivity index (χ2n) is 4.88. The number of hydrogen-bond acceptors (Lipinski definition) is 5. The van der Waals surface area contributed by atoms with Crippen molar-refractivity contribution in [3.8, 4) is 0 Å². The SMILES string of the molecule is CC(C)(O)CNc1nc(C(=O)O)nc2ccccc12. The van der Waals surface area contributed by atoms with Crippen molar-refractivity contribution in [2.24, 2.45) is 0 Å². The van der Waals surface area contributed by atoms with E-state index in [-0.39, 0.29) is 12.4 Å². The van der Waals surface area contributed by atoms with Crippen LogP contribution in [0.15, 0.2) is 24.3 Å². The van der Waals surface area contributed by atoms with Gasteiger partial charge in [0.05, 0.1) is 11.1 Å². The second-order valence-corrected chi connectivity index (χ2v) is 4.88. The molecule has 0 amide bonds. The van der Waals surface area contributed by atoms with Crippen LogP contribution in [0.25, 0.3) is 10.9 Å². The quantitative estimate of drug-likeness (QED) is 0.772. The zero-order valence-corrected chi connectivity index (χ0v) is 10.7. The maximum Gasteiger partial charge on any atom is 0.374 e. The molecule has 2 aromatic rings. The zero-order chi connectivity index (χ0) is 14.0. The molecule has 6 nitrogen and oxygen atoms in total. The minimum Gasteiger partial charge on any atom is -0.475 e. The van der Waals surface area contributed by atoms with Gasteiger partial charge in [0.25, 0.3) is 0 Å². The minimum absolute atomic E-state index is 0.257. The Morgan fingerprint density at radius 1 is 1.32 bits per heavy atom. The second kappa shape index (κ2) is 4.81. The van der Waals surface area contributed by atoms with Gasteiger partial charge in [-0.15, -0.1) is 0 Å². The van der Waals surface area contributed by atoms with E-state index in [2.05, 4.69) is 15.3 Å². The number of rotatable bonds is 4. The van der Waals surface area contributed by atoms with E-state index in [9.17, 15) is 9.90 Å². The van der Waals surface area contributed by atoms with Crippen molar-refractivity contribution in [2.45, 2.75) is 19.4 Å². The smallest absolute Gasteiger partial charge is 0.374 e. The Kier molecular flexibility index (Phi) is 3.35. The van der Waals surface area contributed by atoms with Gasteiger partial charge in [-0.25, -0.2) is 14.8 Å². The third kappa shape index (κ3) is 3.17. The van der Waals surface area contributed by atoms with E-state index < -0.39 is 11.6 Å². The lowest BCUT2D eigenvalue weighted by atomic mass is 10.1. The number of fused-ring (bicyclic) bond motifs is 1. The summed E-state index contributed by atoms with van der Waals surface area (Å²) >= 11 is 0. The molecule has 3 N–H and O–H groups in total. The summed E-state index contributed by atoms with van der Waals surface area (Å²) in [6.45, 7) is 3.57. The Morgan fingerprint density at radius 2 is 2.00 bits per heavy atom. The van der Waals surface area contributed by atoms with E-state index in [0.717, 1.165) is 5.39 Å². The number of hydrogen-bond donors (Lipinski definition) is 3. The van der Waals surface area contributed by atoms with Crippen molar-refractivity contribution >= 4 is 22.7 Å². The van der Waals surface area contributed by atoms with E-state index in [1.807, 2.05) is 6.07 Å². The number of anilines is 1. The monoisotopic (exact) mass is 261 g/mol. The predicted octanol–water partition coefficient (Wildman–Crippen LogP) is 1.51. The number of nitrogens with one attached hydrogen (secondary N) is 1. The van der Waals surface area contributed by atoms with Crippen LogP contribution in [0, 0.1) is 0 Å². The van der Waals surface area contributed by atoms with Gasteiger partial charge in [-0.2, -0.15) is 0 Å². The Labute approximate surface area is 110 Å². The van der Waals surface area contributed by atoms with Gasteiger partial charge in [-0.05, 0) is 26.0 Å². The van der Waals surface area contributed by atoms with Gasteiger partial charge in [0.15, 0.2) is 0 Å². The maximum atomic E-state index is 11.0. The normalized spacial score (nSPS) is 11.5. The van der Waals surface area contributed by atoms with Crippen LogP contribution in [0.3, 0.4) is 0 Å². The highest BCUT2D eigenvalue weighted by atomic mass is 16.4. The number of aliphatic hydroxyl groups is 1. The minimum atomic E-state index is -1.18. The standard InChI is InChI=1S/C13H15N3O3/c1-13(2,19)7-14-10-8-5-3-4-6-9(8)15-11(16-10)12(17)18/h3-6,19H,7H2,1-2H3,(H,17,18)(H,14,15,16). The molecule has 0 spiro atoms. The van der Waals surface area contributed by atoms with Crippen molar-refractivity contribution in [1.82, 2.24) is 9.97 Å². The Morgan fingerprint density at radius 3 is 2.63 bits per heavy atom. The molecule has 6 heteroatoms. The molecule has 0 saturated heterocycles. The first-order valence-electron chi connectivity index (χ1n) is 5.83. The summed E-state index contributed by atoms with van der Waals surface area (Å²) in [4.78, 5) is 18.9. The fraction of sp³-hybridized carbons (Fsp3) is 0.308. The van der Waals surface area contributed by atoms with Crippen LogP contribution in [0.2, 0.25) is 0 Å². The molecular weight excluding hydrogens is 246 g/mol. The number of nitrogens with zero attached hydrogens (tertiary/aromatic N) is 2. The molecule has 0 aliphatic heterocycles. The average molecular weight is 261 g/mol. The van der Waals surface area contributed by atoms with Crippen LogP contribution in [0.5, 0.6) is 0 Å². The van der Waals surface area contributed by atoms with E-state index in [1.165, 1.54) is 0 Å². The topological polar surface area (TPSA) is 95.3 Å². The van der Waals surface area contributed by atoms with Crippen LogP contribution in [0.1, 0.15) is 24.5 Å². The lowest BCUT2D eigenvalue weighted by molar-refractivity contribution is 0.0684. The Balaban J connectivity index is 2.47. The third-order valence-corrected chi connectivity index (χ3v) is 2.48. The van der Waals surface area contributed by atoms with Gasteiger partial charge in [-0.1, -0.05) is 12.1 Å². The first-order chi connectivity index (χ1) is 8.87. The molecular formula is C13H15N3O3. The lowest BCUT2D eigenvalue weighted by Gasteiger charge is -2.18. The van der Waals surface area contributed by atoms with Gasteiger partial charge in [0.1, 0.15) is 5.82 Å². The number of carbonyl (C=O) groups is 1. The van der Waals surface area contributed by atoms with E-state index in [4.69, 9.17) is 5.11 Å². The lowest BCUT2D eigenvalue weighted by Crippen LogP contribution is -2.29. The van der Waals surface area contributed by atoms with Crippen molar-refractivity contribution < 1.29 is 15.0 Å². The maximum absolute atomic E-state index is 11.0. The molecule has 0 fully saturated rings. The Hall–Kier alpha value is -2.21. The molecule has 19 heavy (non-hydrogen) atoms. The summed E-state index contributed by atoms with van der Waals surface area (Å²) in [5, 5.41) is 22.4. The number of carboxylic acids is 1. The highest BCUT2D eigenvalue weighted by molar-refractivity contribution is 5.93. The molecule has 1 heterocycles. The van der Waals surface area contributed by atoms with Crippen molar-refractivity contribution in [3.63, 3.8) is 0 Å². The fourth-order valence-corrected chi connectivity index (χ4v) is 1.61. The largest absolute Gasteiger partial charge is 0.475 e. The molecule has 0 bridgehead atoms. The summed E-state index contributed by atoms with van der Waals surface area (Å²) in [5.74, 6) is -1.04. The van der Waals surface area contributed by atoms with Crippen LogP contribution in [-0.2, 0) is 0 Å². The first-order valence-corrected chi connectivity index (χ1v) is 5.83. The molecule has 0 aliphatic rings. The number of para-hydroxylation sites is 1. The molecule has 100 valence electrons. The molecule has 0 unspecified atom stereocenters. The molecule has 0 saturated carbocycles. The van der Waals surface area contributed by atoms with Crippen LogP contribution >= 0.6 is 0 Å².